The molecule has 0 amide bonds. The maximum Gasteiger partial charge on any atom is 0.0411 e. The first kappa shape index (κ1) is 13.2. The number of aryl methyl sites for hydroxylation is 1. The fraction of sp³-hybridized carbons (Fsp3) is 0.600. The lowest BCUT2D eigenvalue weighted by Crippen LogP contribution is -2.35. The Morgan fingerprint density at radius 2 is 2.11 bits per heavy atom. The lowest BCUT2D eigenvalue weighted by Gasteiger charge is -2.27. The molecule has 0 radical (unpaired) electrons. The van der Waals surface area contributed by atoms with Crippen molar-refractivity contribution in [1.29, 1.82) is 0 Å². The van der Waals surface area contributed by atoms with Gasteiger partial charge >= 0.3 is 0 Å². The van der Waals surface area contributed by atoms with Gasteiger partial charge in [-0.25, -0.2) is 0 Å². The lowest BCUT2D eigenvalue weighted by atomic mass is 10.1. The quantitative estimate of drug-likeness (QED) is 0.865. The molecule has 0 aromatic heterocycles. The van der Waals surface area contributed by atoms with Gasteiger partial charge in [0.25, 0.3) is 0 Å². The van der Waals surface area contributed by atoms with Crippen LogP contribution in [0.3, 0.4) is 0 Å². The molecular formula is C15H25N3. The van der Waals surface area contributed by atoms with Crippen LogP contribution in [-0.2, 0) is 0 Å². The van der Waals surface area contributed by atoms with Crippen molar-refractivity contribution in [2.45, 2.75) is 26.3 Å². The summed E-state index contributed by atoms with van der Waals surface area (Å²) < 4.78 is 0. The van der Waals surface area contributed by atoms with Crippen LogP contribution in [0.5, 0.6) is 0 Å². The predicted molar refractivity (Wildman–Crippen MR) is 79.8 cm³/mol. The first-order chi connectivity index (χ1) is 8.58. The van der Waals surface area contributed by atoms with Crippen molar-refractivity contribution in [2.24, 2.45) is 0 Å². The fourth-order valence-electron chi connectivity index (χ4n) is 2.62. The Kier molecular flexibility index (Phi) is 4.12. The van der Waals surface area contributed by atoms with Crippen molar-refractivity contribution in [3.05, 3.63) is 23.8 Å². The number of rotatable bonds is 2. The van der Waals surface area contributed by atoms with Crippen LogP contribution in [-0.4, -0.2) is 39.8 Å². The topological polar surface area (TPSA) is 18.5 Å². The van der Waals surface area contributed by atoms with Crippen molar-refractivity contribution in [3.63, 3.8) is 0 Å². The summed E-state index contributed by atoms with van der Waals surface area (Å²) in [4.78, 5) is 4.69. The minimum absolute atomic E-state index is 0.566. The number of benzene rings is 1. The minimum Gasteiger partial charge on any atom is -0.377 e. The molecule has 1 heterocycles. The van der Waals surface area contributed by atoms with Crippen LogP contribution in [0.25, 0.3) is 0 Å². The molecular weight excluding hydrogens is 222 g/mol. The van der Waals surface area contributed by atoms with Gasteiger partial charge in [-0.1, -0.05) is 6.07 Å². The molecule has 0 aliphatic carbocycles. The Bertz CT molecular complexity index is 401. The van der Waals surface area contributed by atoms with E-state index in [-0.39, 0.29) is 0 Å². The van der Waals surface area contributed by atoms with E-state index in [1.807, 2.05) is 0 Å². The van der Waals surface area contributed by atoms with E-state index in [1.54, 1.807) is 0 Å². The van der Waals surface area contributed by atoms with Crippen LogP contribution in [0.4, 0.5) is 11.4 Å². The van der Waals surface area contributed by atoms with Gasteiger partial charge in [-0.15, -0.1) is 0 Å². The zero-order valence-corrected chi connectivity index (χ0v) is 12.0. The van der Waals surface area contributed by atoms with Gasteiger partial charge in [0.15, 0.2) is 0 Å². The Balaban J connectivity index is 2.24. The molecule has 0 saturated carbocycles. The van der Waals surface area contributed by atoms with Gasteiger partial charge in [0.05, 0.1) is 0 Å². The normalized spacial score (nSPS) is 20.7. The van der Waals surface area contributed by atoms with Gasteiger partial charge in [-0.2, -0.15) is 0 Å². The first-order valence-corrected chi connectivity index (χ1v) is 6.84. The van der Waals surface area contributed by atoms with Crippen molar-refractivity contribution in [3.8, 4) is 0 Å². The molecule has 1 atom stereocenters. The van der Waals surface area contributed by atoms with E-state index in [0.717, 1.165) is 19.6 Å². The molecule has 1 aliphatic heterocycles. The maximum absolute atomic E-state index is 3.54. The smallest absolute Gasteiger partial charge is 0.0411 e. The summed E-state index contributed by atoms with van der Waals surface area (Å²) in [5.41, 5.74) is 4.00. The predicted octanol–water partition coefficient (Wildman–Crippen LogP) is 2.25. The zero-order valence-electron chi connectivity index (χ0n) is 12.0. The Morgan fingerprint density at radius 1 is 1.33 bits per heavy atom. The standard InChI is InChI=1S/C15H25N3/c1-12-6-7-14(10-15(12)17(3)4)18-9-5-8-16-13(2)11-18/h6-7,10,13,16H,5,8-9,11H2,1-4H3. The molecule has 1 saturated heterocycles. The Morgan fingerprint density at radius 3 is 2.83 bits per heavy atom. The van der Waals surface area contributed by atoms with Crippen LogP contribution in [0.2, 0.25) is 0 Å². The number of anilines is 2. The number of nitrogens with one attached hydrogen (secondary N) is 1. The second-order valence-electron chi connectivity index (χ2n) is 5.52. The molecule has 1 aliphatic rings. The third-order valence-electron chi connectivity index (χ3n) is 3.63. The van der Waals surface area contributed by atoms with E-state index in [4.69, 9.17) is 0 Å². The van der Waals surface area contributed by atoms with Crippen molar-refractivity contribution in [2.75, 3.05) is 43.5 Å². The Hall–Kier alpha value is -1.22. The zero-order chi connectivity index (χ0) is 13.1. The highest BCUT2D eigenvalue weighted by Crippen LogP contribution is 2.25. The molecule has 0 bridgehead atoms. The summed E-state index contributed by atoms with van der Waals surface area (Å²) in [6, 6.07) is 7.36. The monoisotopic (exact) mass is 247 g/mol. The van der Waals surface area contributed by atoms with Crippen LogP contribution in [0, 0.1) is 6.92 Å². The van der Waals surface area contributed by atoms with E-state index in [1.165, 1.54) is 23.4 Å². The maximum atomic E-state index is 3.54. The average molecular weight is 247 g/mol. The first-order valence-electron chi connectivity index (χ1n) is 6.84. The SMILES string of the molecule is Cc1ccc(N2CCCNC(C)C2)cc1N(C)C. The highest BCUT2D eigenvalue weighted by Gasteiger charge is 2.15. The summed E-state index contributed by atoms with van der Waals surface area (Å²) in [6.45, 7) is 7.80. The van der Waals surface area contributed by atoms with Gasteiger partial charge in [-0.3, -0.25) is 0 Å². The van der Waals surface area contributed by atoms with Crippen LogP contribution < -0.4 is 15.1 Å². The molecule has 1 aromatic rings. The third-order valence-corrected chi connectivity index (χ3v) is 3.63. The number of hydrogen-bond donors (Lipinski definition) is 1. The van der Waals surface area contributed by atoms with Crippen LogP contribution >= 0.6 is 0 Å². The van der Waals surface area contributed by atoms with Crippen molar-refractivity contribution in [1.82, 2.24) is 5.32 Å². The van der Waals surface area contributed by atoms with E-state index in [0.29, 0.717) is 6.04 Å². The fourth-order valence-corrected chi connectivity index (χ4v) is 2.62. The molecule has 3 nitrogen and oxygen atoms in total. The second kappa shape index (κ2) is 5.61. The van der Waals surface area contributed by atoms with Crippen molar-refractivity contribution >= 4 is 11.4 Å². The molecule has 1 unspecified atom stereocenters. The lowest BCUT2D eigenvalue weighted by molar-refractivity contribution is 0.585. The number of hydrogen-bond acceptors (Lipinski definition) is 3. The molecule has 3 heteroatoms. The van der Waals surface area contributed by atoms with Crippen LogP contribution in [0.1, 0.15) is 18.9 Å². The van der Waals surface area contributed by atoms with E-state index in [9.17, 15) is 0 Å². The highest BCUT2D eigenvalue weighted by molar-refractivity contribution is 5.63. The molecule has 1 aromatic carbocycles. The van der Waals surface area contributed by atoms with E-state index >= 15 is 0 Å². The van der Waals surface area contributed by atoms with Gasteiger partial charge in [0.1, 0.15) is 0 Å². The second-order valence-corrected chi connectivity index (χ2v) is 5.52. The van der Waals surface area contributed by atoms with Gasteiger partial charge in [0, 0.05) is 44.6 Å². The number of nitrogens with zero attached hydrogens (tertiary/aromatic N) is 2. The van der Waals surface area contributed by atoms with Gasteiger partial charge in [-0.05, 0) is 44.5 Å². The molecule has 0 spiro atoms. The van der Waals surface area contributed by atoms with Gasteiger partial charge < -0.3 is 15.1 Å². The molecule has 1 fully saturated rings. The summed E-state index contributed by atoms with van der Waals surface area (Å²) >= 11 is 0. The molecule has 18 heavy (non-hydrogen) atoms. The summed E-state index contributed by atoms with van der Waals surface area (Å²) in [6.07, 6.45) is 1.22. The average Bonchev–Trinajstić information content (AvgIpc) is 2.54. The van der Waals surface area contributed by atoms with Crippen molar-refractivity contribution < 1.29 is 0 Å². The molecule has 1 N–H and O–H groups in total. The summed E-state index contributed by atoms with van der Waals surface area (Å²) in [7, 11) is 4.22. The largest absolute Gasteiger partial charge is 0.377 e. The third kappa shape index (κ3) is 2.96. The van der Waals surface area contributed by atoms with Gasteiger partial charge in [0.2, 0.25) is 0 Å². The summed E-state index contributed by atoms with van der Waals surface area (Å²) in [5, 5.41) is 3.54. The van der Waals surface area contributed by atoms with E-state index < -0.39 is 0 Å². The minimum atomic E-state index is 0.566. The van der Waals surface area contributed by atoms with E-state index in [2.05, 4.69) is 61.3 Å². The summed E-state index contributed by atoms with van der Waals surface area (Å²) in [5.74, 6) is 0. The molecule has 2 rings (SSSR count). The van der Waals surface area contributed by atoms with Crippen LogP contribution in [0.15, 0.2) is 18.2 Å². The Labute approximate surface area is 111 Å². The highest BCUT2D eigenvalue weighted by atomic mass is 15.2. The molecule has 100 valence electrons.